The minimum Gasteiger partial charge on any atom is -0.347 e. The quantitative estimate of drug-likeness (QED) is 0.546. The predicted octanol–water partition coefficient (Wildman–Crippen LogP) is 2.29. The number of hydrogen-bond acceptors (Lipinski definition) is 7. The van der Waals surface area contributed by atoms with E-state index in [1.54, 1.807) is 15.4 Å². The number of benzene rings is 1. The molecule has 2 aromatic heterocycles. The Morgan fingerprint density at radius 1 is 1.21 bits per heavy atom. The van der Waals surface area contributed by atoms with Crippen molar-refractivity contribution in [2.24, 2.45) is 0 Å². The summed E-state index contributed by atoms with van der Waals surface area (Å²) in [6.45, 7) is 4.47. The molecule has 33 heavy (non-hydrogen) atoms. The van der Waals surface area contributed by atoms with Crippen LogP contribution in [0, 0.1) is 6.92 Å². The summed E-state index contributed by atoms with van der Waals surface area (Å²) < 4.78 is 14.9. The third kappa shape index (κ3) is 3.48. The van der Waals surface area contributed by atoms with Crippen molar-refractivity contribution < 1.29 is 14.3 Å². The van der Waals surface area contributed by atoms with Crippen LogP contribution < -0.4 is 5.56 Å². The van der Waals surface area contributed by atoms with Gasteiger partial charge in [0.15, 0.2) is 16.6 Å². The molecule has 3 aliphatic rings. The van der Waals surface area contributed by atoms with Gasteiger partial charge in [0.1, 0.15) is 5.39 Å². The molecule has 1 spiro atoms. The topological polar surface area (TPSA) is 91.5 Å². The lowest BCUT2D eigenvalue weighted by molar-refractivity contribution is -0.187. The van der Waals surface area contributed by atoms with E-state index in [4.69, 9.17) is 14.5 Å². The second kappa shape index (κ2) is 7.96. The Morgan fingerprint density at radius 3 is 2.73 bits per heavy atom. The Morgan fingerprint density at radius 2 is 1.97 bits per heavy atom. The summed E-state index contributed by atoms with van der Waals surface area (Å²) in [6.07, 6.45) is 3.25. The third-order valence-electron chi connectivity index (χ3n) is 6.82. The van der Waals surface area contributed by atoms with E-state index in [0.29, 0.717) is 61.1 Å². The Balaban J connectivity index is 1.25. The highest BCUT2D eigenvalue weighted by molar-refractivity contribution is 7.99. The number of rotatable bonds is 3. The summed E-state index contributed by atoms with van der Waals surface area (Å²) in [5, 5.41) is 5.57. The summed E-state index contributed by atoms with van der Waals surface area (Å²) >= 11 is 1.52. The van der Waals surface area contributed by atoms with Crippen LogP contribution in [0.3, 0.4) is 0 Å². The van der Waals surface area contributed by atoms with Gasteiger partial charge < -0.3 is 14.4 Å². The van der Waals surface area contributed by atoms with Gasteiger partial charge in [0.25, 0.3) is 5.56 Å². The molecule has 1 aromatic carbocycles. The number of carbonyl (C=O) groups is 1. The largest absolute Gasteiger partial charge is 0.347 e. The smallest absolute Gasteiger partial charge is 0.265 e. The molecule has 0 saturated carbocycles. The molecule has 9 nitrogen and oxygen atoms in total. The monoisotopic (exact) mass is 467 g/mol. The Kier molecular flexibility index (Phi) is 5.04. The van der Waals surface area contributed by atoms with E-state index < -0.39 is 5.79 Å². The first-order valence-electron chi connectivity index (χ1n) is 11.3. The number of hydrogen-bond donors (Lipinski definition) is 0. The average Bonchev–Trinajstić information content (AvgIpc) is 3.55. The van der Waals surface area contributed by atoms with E-state index in [-0.39, 0.29) is 23.9 Å². The number of para-hydroxylation sites is 1. The second-order valence-electron chi connectivity index (χ2n) is 8.81. The van der Waals surface area contributed by atoms with Crippen molar-refractivity contribution in [2.45, 2.75) is 43.2 Å². The summed E-state index contributed by atoms with van der Waals surface area (Å²) in [5.41, 5.74) is 2.37. The zero-order chi connectivity index (χ0) is 22.6. The fraction of sp³-hybridized carbons (Fsp3) is 0.478. The number of thioether (sulfide) groups is 1. The van der Waals surface area contributed by atoms with Crippen LogP contribution in [0.5, 0.6) is 0 Å². The Hall–Kier alpha value is -2.69. The first-order chi connectivity index (χ1) is 16.0. The van der Waals surface area contributed by atoms with Crippen molar-refractivity contribution in [3.8, 4) is 5.69 Å². The standard InChI is InChI=1S/C23H25N5O4S/c1-15-4-2-3-5-18(15)28-20-17(13-24-28)21(30)27-16(14-33-22(27)25-20)12-19(29)26-8-6-23(7-9-26)31-10-11-32-23/h2-5,13,16H,6-12,14H2,1H3. The minimum atomic E-state index is -0.504. The van der Waals surface area contributed by atoms with Gasteiger partial charge in [0.05, 0.1) is 31.1 Å². The fourth-order valence-electron chi connectivity index (χ4n) is 4.97. The zero-order valence-electron chi connectivity index (χ0n) is 18.4. The molecule has 0 radical (unpaired) electrons. The number of ether oxygens (including phenoxy) is 2. The summed E-state index contributed by atoms with van der Waals surface area (Å²) in [6, 6.07) is 7.68. The SMILES string of the molecule is Cc1ccccc1-n1ncc2c(=O)n3c(nc21)SCC3CC(=O)N1CCC2(CC1)OCCO2. The van der Waals surface area contributed by atoms with Gasteiger partial charge in [-0.2, -0.15) is 5.10 Å². The maximum Gasteiger partial charge on any atom is 0.265 e. The first-order valence-corrected chi connectivity index (χ1v) is 12.3. The Bertz CT molecular complexity index is 1290. The molecule has 3 aromatic rings. The highest BCUT2D eigenvalue weighted by Gasteiger charge is 2.41. The molecular weight excluding hydrogens is 442 g/mol. The lowest BCUT2D eigenvalue weighted by atomic mass is 10.0. The van der Waals surface area contributed by atoms with Gasteiger partial charge >= 0.3 is 0 Å². The molecule has 2 fully saturated rings. The van der Waals surface area contributed by atoms with Crippen LogP contribution in [0.1, 0.15) is 30.9 Å². The normalized spacial score (nSPS) is 21.7. The predicted molar refractivity (Wildman–Crippen MR) is 123 cm³/mol. The van der Waals surface area contributed by atoms with Crippen molar-refractivity contribution in [2.75, 3.05) is 32.1 Å². The fourth-order valence-corrected chi connectivity index (χ4v) is 6.10. The van der Waals surface area contributed by atoms with Crippen LogP contribution in [-0.4, -0.2) is 68.0 Å². The number of likely N-dealkylation sites (tertiary alicyclic amines) is 1. The summed E-state index contributed by atoms with van der Waals surface area (Å²) in [7, 11) is 0. The maximum absolute atomic E-state index is 13.4. The molecule has 1 unspecified atom stereocenters. The van der Waals surface area contributed by atoms with Crippen LogP contribution in [0.4, 0.5) is 0 Å². The van der Waals surface area contributed by atoms with Crippen LogP contribution in [0.15, 0.2) is 40.4 Å². The highest BCUT2D eigenvalue weighted by Crippen LogP contribution is 2.35. The number of nitrogens with zero attached hydrogens (tertiary/aromatic N) is 5. The molecule has 172 valence electrons. The molecule has 10 heteroatoms. The number of amides is 1. The molecule has 5 heterocycles. The zero-order valence-corrected chi connectivity index (χ0v) is 19.2. The van der Waals surface area contributed by atoms with Crippen molar-refractivity contribution >= 4 is 28.7 Å². The lowest BCUT2D eigenvalue weighted by Gasteiger charge is -2.37. The van der Waals surface area contributed by atoms with E-state index in [2.05, 4.69) is 5.10 Å². The molecule has 1 atom stereocenters. The number of piperidine rings is 1. The van der Waals surface area contributed by atoms with E-state index >= 15 is 0 Å². The van der Waals surface area contributed by atoms with Crippen molar-refractivity contribution in [3.63, 3.8) is 0 Å². The van der Waals surface area contributed by atoms with Crippen molar-refractivity contribution in [1.82, 2.24) is 24.2 Å². The minimum absolute atomic E-state index is 0.0592. The molecule has 2 saturated heterocycles. The van der Waals surface area contributed by atoms with Crippen LogP contribution >= 0.6 is 11.8 Å². The Labute approximate surface area is 194 Å². The summed E-state index contributed by atoms with van der Waals surface area (Å²) in [4.78, 5) is 33.1. The average molecular weight is 468 g/mol. The van der Waals surface area contributed by atoms with Crippen LogP contribution in [-0.2, 0) is 14.3 Å². The number of fused-ring (bicyclic) bond motifs is 2. The molecule has 0 N–H and O–H groups in total. The van der Waals surface area contributed by atoms with Crippen molar-refractivity contribution in [1.29, 1.82) is 0 Å². The summed E-state index contributed by atoms with van der Waals surface area (Å²) in [5.74, 6) is 0.211. The van der Waals surface area contributed by atoms with E-state index in [1.807, 2.05) is 36.1 Å². The molecule has 6 rings (SSSR count). The van der Waals surface area contributed by atoms with Crippen LogP contribution in [0.2, 0.25) is 0 Å². The molecule has 3 aliphatic heterocycles. The van der Waals surface area contributed by atoms with Gasteiger partial charge in [-0.25, -0.2) is 9.67 Å². The van der Waals surface area contributed by atoms with E-state index in [9.17, 15) is 9.59 Å². The first kappa shape index (κ1) is 20.9. The van der Waals surface area contributed by atoms with Gasteiger partial charge in [0.2, 0.25) is 5.91 Å². The lowest BCUT2D eigenvalue weighted by Crippen LogP contribution is -2.47. The highest BCUT2D eigenvalue weighted by atomic mass is 32.2. The van der Waals surface area contributed by atoms with Gasteiger partial charge in [-0.1, -0.05) is 30.0 Å². The van der Waals surface area contributed by atoms with Gasteiger partial charge in [0, 0.05) is 38.1 Å². The number of aromatic nitrogens is 4. The van der Waals surface area contributed by atoms with Crippen LogP contribution in [0.25, 0.3) is 16.7 Å². The van der Waals surface area contributed by atoms with Crippen molar-refractivity contribution in [3.05, 3.63) is 46.4 Å². The van der Waals surface area contributed by atoms with Gasteiger partial charge in [-0.15, -0.1) is 0 Å². The molecule has 0 aliphatic carbocycles. The van der Waals surface area contributed by atoms with E-state index in [0.717, 1.165) is 11.3 Å². The van der Waals surface area contributed by atoms with Gasteiger partial charge in [-0.05, 0) is 18.6 Å². The third-order valence-corrected chi connectivity index (χ3v) is 7.91. The molecule has 1 amide bonds. The number of carbonyl (C=O) groups excluding carboxylic acids is 1. The molecular formula is C23H25N5O4S. The molecule has 0 bridgehead atoms. The number of aryl methyl sites for hydroxylation is 1. The van der Waals surface area contributed by atoms with E-state index in [1.165, 1.54) is 11.8 Å². The van der Waals surface area contributed by atoms with Gasteiger partial charge in [-0.3, -0.25) is 14.2 Å². The second-order valence-corrected chi connectivity index (χ2v) is 9.79. The maximum atomic E-state index is 13.4.